The van der Waals surface area contributed by atoms with Crippen LogP contribution < -0.4 is 4.74 Å². The van der Waals surface area contributed by atoms with Crippen LogP contribution >= 0.6 is 0 Å². The molecular weight excluding hydrogens is 438 g/mol. The van der Waals surface area contributed by atoms with E-state index in [2.05, 4.69) is 28.2 Å². The Morgan fingerprint density at radius 2 is 1.86 bits per heavy atom. The number of amides is 1. The van der Waals surface area contributed by atoms with E-state index in [1.54, 1.807) is 13.3 Å². The Hall–Kier alpha value is -3.93. The van der Waals surface area contributed by atoms with Crippen LogP contribution in [0.1, 0.15) is 57.5 Å². The molecule has 2 aromatic carbocycles. The summed E-state index contributed by atoms with van der Waals surface area (Å²) in [5.41, 5.74) is 3.92. The lowest BCUT2D eigenvalue weighted by molar-refractivity contribution is 0.0697. The molecule has 0 N–H and O–H groups in total. The second-order valence-corrected chi connectivity index (χ2v) is 9.03. The zero-order valence-corrected chi connectivity index (χ0v) is 19.9. The number of hydrogen-bond donors (Lipinski definition) is 0. The van der Waals surface area contributed by atoms with Gasteiger partial charge >= 0.3 is 0 Å². The summed E-state index contributed by atoms with van der Waals surface area (Å²) in [5, 5.41) is 0. The van der Waals surface area contributed by atoms with Crippen LogP contribution in [0.2, 0.25) is 0 Å². The zero-order valence-electron chi connectivity index (χ0n) is 19.9. The van der Waals surface area contributed by atoms with Crippen molar-refractivity contribution in [3.63, 3.8) is 0 Å². The number of nitrogens with zero attached hydrogens (tertiary/aromatic N) is 3. The van der Waals surface area contributed by atoms with Crippen LogP contribution in [0, 0.1) is 0 Å². The Morgan fingerprint density at radius 1 is 1.00 bits per heavy atom. The highest BCUT2D eigenvalue weighted by Crippen LogP contribution is 2.28. The number of carbonyl (C=O) groups is 1. The van der Waals surface area contributed by atoms with Gasteiger partial charge in [0.25, 0.3) is 5.91 Å². The molecule has 35 heavy (non-hydrogen) atoms. The number of likely N-dealkylation sites (tertiary alicyclic amines) is 1. The number of oxazole rings is 1. The number of ether oxygens (including phenoxy) is 1. The van der Waals surface area contributed by atoms with Crippen molar-refractivity contribution in [2.24, 2.45) is 0 Å². The van der Waals surface area contributed by atoms with Gasteiger partial charge in [-0.3, -0.25) is 9.78 Å². The monoisotopic (exact) mass is 467 g/mol. The summed E-state index contributed by atoms with van der Waals surface area (Å²) in [6, 6.07) is 20.1. The molecule has 1 amide bonds. The largest absolute Gasteiger partial charge is 0.497 e. The van der Waals surface area contributed by atoms with Crippen LogP contribution in [0.25, 0.3) is 0 Å². The third-order valence-corrected chi connectivity index (χ3v) is 6.43. The molecule has 6 heteroatoms. The summed E-state index contributed by atoms with van der Waals surface area (Å²) in [6.07, 6.45) is 8.58. The van der Waals surface area contributed by atoms with E-state index in [4.69, 9.17) is 9.15 Å². The lowest BCUT2D eigenvalue weighted by Crippen LogP contribution is -2.39. The average Bonchev–Trinajstić information content (AvgIpc) is 3.38. The Balaban J connectivity index is 1.25. The van der Waals surface area contributed by atoms with E-state index < -0.39 is 0 Å². The molecule has 2 aromatic heterocycles. The lowest BCUT2D eigenvalue weighted by atomic mass is 9.97. The van der Waals surface area contributed by atoms with Gasteiger partial charge in [0.15, 0.2) is 5.89 Å². The molecule has 1 fully saturated rings. The Morgan fingerprint density at radius 3 is 2.71 bits per heavy atom. The molecule has 1 aliphatic heterocycles. The van der Waals surface area contributed by atoms with Gasteiger partial charge in [-0.15, -0.1) is 0 Å². The van der Waals surface area contributed by atoms with Crippen molar-refractivity contribution in [1.29, 1.82) is 0 Å². The lowest BCUT2D eigenvalue weighted by Gasteiger charge is -2.31. The first-order valence-electron chi connectivity index (χ1n) is 12.0. The molecule has 0 radical (unpaired) electrons. The van der Waals surface area contributed by atoms with Crippen molar-refractivity contribution in [1.82, 2.24) is 14.9 Å². The molecule has 178 valence electrons. The van der Waals surface area contributed by atoms with Crippen LogP contribution in [0.5, 0.6) is 5.75 Å². The summed E-state index contributed by atoms with van der Waals surface area (Å²) >= 11 is 0. The predicted octanol–water partition coefficient (Wildman–Crippen LogP) is 5.28. The summed E-state index contributed by atoms with van der Waals surface area (Å²) in [4.78, 5) is 24.1. The number of pyridine rings is 1. The summed E-state index contributed by atoms with van der Waals surface area (Å²) in [6.45, 7) is 1.33. The molecule has 0 aliphatic carbocycles. The van der Waals surface area contributed by atoms with Gasteiger partial charge in [0, 0.05) is 31.9 Å². The molecule has 0 bridgehead atoms. The maximum absolute atomic E-state index is 13.3. The molecule has 0 saturated carbocycles. The molecule has 1 atom stereocenters. The smallest absolute Gasteiger partial charge is 0.255 e. The first-order valence-corrected chi connectivity index (χ1v) is 12.0. The SMILES string of the molecule is COc1cccc(Cc2cncc(C(=O)N3CCC[C@H](c4ncc(Cc5ccccc5)o4)C3)c2)c1. The van der Waals surface area contributed by atoms with Crippen molar-refractivity contribution in [2.45, 2.75) is 31.6 Å². The van der Waals surface area contributed by atoms with Gasteiger partial charge in [0.2, 0.25) is 0 Å². The fraction of sp³-hybridized carbons (Fsp3) is 0.276. The maximum atomic E-state index is 13.3. The fourth-order valence-electron chi connectivity index (χ4n) is 4.66. The molecule has 6 nitrogen and oxygen atoms in total. The van der Waals surface area contributed by atoms with Gasteiger partial charge < -0.3 is 14.1 Å². The topological polar surface area (TPSA) is 68.5 Å². The minimum atomic E-state index is 0.00533. The van der Waals surface area contributed by atoms with E-state index in [-0.39, 0.29) is 11.8 Å². The highest BCUT2D eigenvalue weighted by Gasteiger charge is 2.28. The van der Waals surface area contributed by atoms with E-state index in [0.29, 0.717) is 18.5 Å². The molecular formula is C29H29N3O3. The fourth-order valence-corrected chi connectivity index (χ4v) is 4.66. The van der Waals surface area contributed by atoms with Gasteiger partial charge in [0.05, 0.1) is 24.8 Å². The first kappa shape index (κ1) is 22.8. The van der Waals surface area contributed by atoms with Crippen molar-refractivity contribution in [3.05, 3.63) is 113 Å². The third kappa shape index (κ3) is 5.60. The van der Waals surface area contributed by atoms with Gasteiger partial charge in [-0.1, -0.05) is 42.5 Å². The Labute approximate surface area is 205 Å². The molecule has 5 rings (SSSR count). The van der Waals surface area contributed by atoms with E-state index >= 15 is 0 Å². The second-order valence-electron chi connectivity index (χ2n) is 9.03. The molecule has 0 spiro atoms. The van der Waals surface area contributed by atoms with Crippen LogP contribution in [0.3, 0.4) is 0 Å². The average molecular weight is 468 g/mol. The van der Waals surface area contributed by atoms with E-state index in [0.717, 1.165) is 54.3 Å². The Kier molecular flexibility index (Phi) is 6.89. The highest BCUT2D eigenvalue weighted by molar-refractivity contribution is 5.94. The number of carbonyl (C=O) groups excluding carboxylic acids is 1. The molecule has 3 heterocycles. The standard InChI is InChI=1S/C29H29N3O3/c1-34-26-11-5-9-22(16-26)13-23-14-25(18-30-17-23)29(33)32-12-6-10-24(20-32)28-31-19-27(35-28)15-21-7-3-2-4-8-21/h2-5,7-9,11,14,16-19,24H,6,10,12-13,15,20H2,1H3/t24-/m0/s1. The summed E-state index contributed by atoms with van der Waals surface area (Å²) in [5.74, 6) is 2.50. The number of benzene rings is 2. The maximum Gasteiger partial charge on any atom is 0.255 e. The number of rotatable bonds is 7. The number of methoxy groups -OCH3 is 1. The predicted molar refractivity (Wildman–Crippen MR) is 134 cm³/mol. The van der Waals surface area contributed by atoms with E-state index in [1.807, 2.05) is 59.8 Å². The molecule has 4 aromatic rings. The molecule has 1 aliphatic rings. The summed E-state index contributed by atoms with van der Waals surface area (Å²) in [7, 11) is 1.66. The molecule has 0 unspecified atom stereocenters. The van der Waals surface area contributed by atoms with Crippen LogP contribution in [0.15, 0.2) is 83.7 Å². The summed E-state index contributed by atoms with van der Waals surface area (Å²) < 4.78 is 11.4. The van der Waals surface area contributed by atoms with Crippen LogP contribution in [0.4, 0.5) is 0 Å². The van der Waals surface area contributed by atoms with Crippen molar-refractivity contribution < 1.29 is 13.9 Å². The third-order valence-electron chi connectivity index (χ3n) is 6.43. The first-order chi connectivity index (χ1) is 17.2. The Bertz CT molecular complexity index is 1290. The van der Waals surface area contributed by atoms with Crippen molar-refractivity contribution in [2.75, 3.05) is 20.2 Å². The van der Waals surface area contributed by atoms with Crippen LogP contribution in [-0.4, -0.2) is 41.0 Å². The normalized spacial score (nSPS) is 15.7. The van der Waals surface area contributed by atoms with Gasteiger partial charge in [-0.25, -0.2) is 4.98 Å². The van der Waals surface area contributed by atoms with Crippen molar-refractivity contribution in [3.8, 4) is 5.75 Å². The van der Waals surface area contributed by atoms with Crippen molar-refractivity contribution >= 4 is 5.91 Å². The number of hydrogen-bond acceptors (Lipinski definition) is 5. The minimum absolute atomic E-state index is 0.00533. The zero-order chi connectivity index (χ0) is 24.0. The second kappa shape index (κ2) is 10.6. The van der Waals surface area contributed by atoms with Crippen LogP contribution in [-0.2, 0) is 12.8 Å². The highest BCUT2D eigenvalue weighted by atomic mass is 16.5. The van der Waals surface area contributed by atoms with E-state index in [9.17, 15) is 4.79 Å². The minimum Gasteiger partial charge on any atom is -0.497 e. The quantitative estimate of drug-likeness (QED) is 0.370. The van der Waals surface area contributed by atoms with Gasteiger partial charge in [0.1, 0.15) is 11.5 Å². The molecule has 1 saturated heterocycles. The number of aromatic nitrogens is 2. The van der Waals surface area contributed by atoms with Gasteiger partial charge in [-0.05, 0) is 54.2 Å². The van der Waals surface area contributed by atoms with Gasteiger partial charge in [-0.2, -0.15) is 0 Å². The number of piperidine rings is 1. The van der Waals surface area contributed by atoms with E-state index in [1.165, 1.54) is 5.56 Å².